The van der Waals surface area contributed by atoms with E-state index in [-0.39, 0.29) is 5.15 Å². The van der Waals surface area contributed by atoms with Crippen molar-refractivity contribution in [1.29, 1.82) is 0 Å². The maximum absolute atomic E-state index is 12.5. The van der Waals surface area contributed by atoms with Crippen LogP contribution in [0.1, 0.15) is 5.69 Å². The first-order valence-corrected chi connectivity index (χ1v) is 7.16. The van der Waals surface area contributed by atoms with E-state index in [9.17, 15) is 4.79 Å². The first kappa shape index (κ1) is 14.8. The molecule has 0 bridgehead atoms. The van der Waals surface area contributed by atoms with E-state index in [0.717, 1.165) is 0 Å². The Morgan fingerprint density at radius 2 is 2.05 bits per heavy atom. The smallest absolute Gasteiger partial charge is 0.293 e. The Balaban J connectivity index is 2.53. The van der Waals surface area contributed by atoms with E-state index in [1.165, 1.54) is 11.7 Å². The van der Waals surface area contributed by atoms with Crippen LogP contribution in [-0.4, -0.2) is 21.6 Å². The number of hydrogen-bond donors (Lipinski definition) is 0. The number of rotatable bonds is 2. The van der Waals surface area contributed by atoms with Gasteiger partial charge in [-0.15, -0.1) is 0 Å². The first-order valence-electron chi connectivity index (χ1n) is 6.40. The van der Waals surface area contributed by atoms with Gasteiger partial charge in [0, 0.05) is 17.3 Å². The van der Waals surface area contributed by atoms with Crippen LogP contribution in [0.5, 0.6) is 5.75 Å². The van der Waals surface area contributed by atoms with Gasteiger partial charge in [-0.05, 0) is 25.1 Å². The second-order valence-corrected chi connectivity index (χ2v) is 5.42. The van der Waals surface area contributed by atoms with Crippen molar-refractivity contribution in [3.8, 4) is 11.4 Å². The predicted molar refractivity (Wildman–Crippen MR) is 86.4 cm³/mol. The van der Waals surface area contributed by atoms with E-state index < -0.39 is 5.56 Å². The lowest BCUT2D eigenvalue weighted by Crippen LogP contribution is -2.21. The number of aromatic nitrogens is 3. The normalized spacial score (nSPS) is 10.9. The van der Waals surface area contributed by atoms with Crippen LogP contribution in [0.2, 0.25) is 10.2 Å². The van der Waals surface area contributed by atoms with Gasteiger partial charge in [-0.1, -0.05) is 23.2 Å². The largest absolute Gasteiger partial charge is 0.494 e. The zero-order chi connectivity index (χ0) is 15.9. The molecule has 0 saturated heterocycles. The summed E-state index contributed by atoms with van der Waals surface area (Å²) in [5, 5.41) is 0.291. The van der Waals surface area contributed by atoms with Gasteiger partial charge >= 0.3 is 0 Å². The van der Waals surface area contributed by atoms with E-state index in [1.54, 1.807) is 30.5 Å². The summed E-state index contributed by atoms with van der Waals surface area (Å²) in [4.78, 5) is 20.8. The third kappa shape index (κ3) is 2.32. The quantitative estimate of drug-likeness (QED) is 0.720. The molecule has 0 aliphatic rings. The zero-order valence-corrected chi connectivity index (χ0v) is 13.3. The van der Waals surface area contributed by atoms with Gasteiger partial charge in [-0.2, -0.15) is 0 Å². The lowest BCUT2D eigenvalue weighted by Gasteiger charge is -2.14. The molecule has 1 aromatic carbocycles. The minimum atomic E-state index is -0.436. The second-order valence-electron chi connectivity index (χ2n) is 4.63. The second kappa shape index (κ2) is 5.59. The number of hydrogen-bond acceptors (Lipinski definition) is 4. The van der Waals surface area contributed by atoms with Gasteiger partial charge < -0.3 is 4.74 Å². The third-order valence-electron chi connectivity index (χ3n) is 3.29. The number of aryl methyl sites for hydroxylation is 1. The molecule has 0 aliphatic carbocycles. The van der Waals surface area contributed by atoms with Gasteiger partial charge in [-0.3, -0.25) is 14.3 Å². The summed E-state index contributed by atoms with van der Waals surface area (Å²) in [6.45, 7) is 1.81. The van der Waals surface area contributed by atoms with Crippen LogP contribution >= 0.6 is 23.2 Å². The highest BCUT2D eigenvalue weighted by Crippen LogP contribution is 2.30. The van der Waals surface area contributed by atoms with Crippen molar-refractivity contribution in [1.82, 2.24) is 14.5 Å². The highest BCUT2D eigenvalue weighted by molar-refractivity contribution is 6.32. The number of ether oxygens (including phenoxy) is 1. The number of nitrogens with zero attached hydrogens (tertiary/aromatic N) is 3. The number of halogens is 2. The summed E-state index contributed by atoms with van der Waals surface area (Å²) in [6.07, 6.45) is 1.66. The van der Waals surface area contributed by atoms with Crippen molar-refractivity contribution < 1.29 is 4.74 Å². The van der Waals surface area contributed by atoms with E-state index in [1.807, 2.05) is 6.92 Å². The highest BCUT2D eigenvalue weighted by Gasteiger charge is 2.16. The van der Waals surface area contributed by atoms with Crippen LogP contribution in [0.15, 0.2) is 35.3 Å². The number of benzene rings is 1. The Bertz CT molecular complexity index is 938. The molecule has 3 aromatic rings. The number of fused-ring (bicyclic) bond motifs is 1. The van der Waals surface area contributed by atoms with Crippen molar-refractivity contribution in [2.45, 2.75) is 6.92 Å². The van der Waals surface area contributed by atoms with Gasteiger partial charge in [0.1, 0.15) is 11.3 Å². The lowest BCUT2D eigenvalue weighted by atomic mass is 10.2. The van der Waals surface area contributed by atoms with Crippen LogP contribution in [0, 0.1) is 6.92 Å². The summed E-state index contributed by atoms with van der Waals surface area (Å²) < 4.78 is 6.73. The molecule has 0 N–H and O–H groups in total. The fourth-order valence-corrected chi connectivity index (χ4v) is 2.67. The van der Waals surface area contributed by atoms with E-state index in [4.69, 9.17) is 27.9 Å². The molecule has 22 heavy (non-hydrogen) atoms. The van der Waals surface area contributed by atoms with E-state index in [2.05, 4.69) is 9.97 Å². The molecule has 112 valence electrons. The summed E-state index contributed by atoms with van der Waals surface area (Å²) in [7, 11) is 1.51. The molecular weight excluding hydrogens is 325 g/mol. The molecular formula is C15H11Cl2N3O2. The molecule has 0 aliphatic heterocycles. The molecule has 0 radical (unpaired) electrons. The summed E-state index contributed by atoms with van der Waals surface area (Å²) in [6, 6.07) is 6.80. The minimum absolute atomic E-state index is 0.142. The first-order chi connectivity index (χ1) is 10.5. The molecule has 0 saturated carbocycles. The van der Waals surface area contributed by atoms with Crippen LogP contribution < -0.4 is 10.3 Å². The Labute approximate surface area is 136 Å². The minimum Gasteiger partial charge on any atom is -0.494 e. The maximum atomic E-state index is 12.5. The molecule has 5 nitrogen and oxygen atoms in total. The average molecular weight is 336 g/mol. The molecule has 7 heteroatoms. The molecule has 0 amide bonds. The molecule has 0 fully saturated rings. The standard InChI is InChI=1S/C15H11Cl2N3O2/c1-8-10(4-3-5-18-8)20-11-6-9(16)7-12(22-2)13(11)19-14(17)15(20)21/h3-7H,1-2H3. The van der Waals surface area contributed by atoms with Crippen molar-refractivity contribution in [3.05, 3.63) is 56.7 Å². The molecule has 0 unspecified atom stereocenters. The average Bonchev–Trinajstić information content (AvgIpc) is 2.50. The van der Waals surface area contributed by atoms with Gasteiger partial charge in [0.25, 0.3) is 5.56 Å². The van der Waals surface area contributed by atoms with Crippen molar-refractivity contribution in [2.75, 3.05) is 7.11 Å². The Morgan fingerprint density at radius 3 is 2.73 bits per heavy atom. The van der Waals surface area contributed by atoms with Crippen LogP contribution in [0.4, 0.5) is 0 Å². The zero-order valence-electron chi connectivity index (χ0n) is 11.8. The fraction of sp³-hybridized carbons (Fsp3) is 0.133. The number of pyridine rings is 1. The topological polar surface area (TPSA) is 57.0 Å². The molecule has 2 aromatic heterocycles. The predicted octanol–water partition coefficient (Wildman–Crippen LogP) is 3.40. The number of methoxy groups -OCH3 is 1. The monoisotopic (exact) mass is 335 g/mol. The molecule has 0 spiro atoms. The molecule has 2 heterocycles. The van der Waals surface area contributed by atoms with E-state index in [0.29, 0.717) is 33.2 Å². The Kier molecular flexibility index (Phi) is 3.76. The highest BCUT2D eigenvalue weighted by atomic mass is 35.5. The Morgan fingerprint density at radius 1 is 1.27 bits per heavy atom. The van der Waals surface area contributed by atoms with Gasteiger partial charge in [0.15, 0.2) is 5.15 Å². The van der Waals surface area contributed by atoms with Gasteiger partial charge in [0.05, 0.1) is 24.0 Å². The molecule has 0 atom stereocenters. The van der Waals surface area contributed by atoms with Crippen LogP contribution in [0.3, 0.4) is 0 Å². The van der Waals surface area contributed by atoms with Crippen LogP contribution in [0.25, 0.3) is 16.7 Å². The summed E-state index contributed by atoms with van der Waals surface area (Å²) in [5.74, 6) is 0.444. The van der Waals surface area contributed by atoms with Crippen molar-refractivity contribution in [3.63, 3.8) is 0 Å². The maximum Gasteiger partial charge on any atom is 0.293 e. The SMILES string of the molecule is COc1cc(Cl)cc2c1nc(Cl)c(=O)n2-c1cccnc1C. The third-order valence-corrected chi connectivity index (χ3v) is 3.75. The van der Waals surface area contributed by atoms with Crippen LogP contribution in [-0.2, 0) is 0 Å². The Hall–Kier alpha value is -2.11. The fourth-order valence-electron chi connectivity index (χ4n) is 2.30. The van der Waals surface area contributed by atoms with Crippen molar-refractivity contribution >= 4 is 34.2 Å². The van der Waals surface area contributed by atoms with Gasteiger partial charge in [0.2, 0.25) is 0 Å². The summed E-state index contributed by atoms with van der Waals surface area (Å²) >= 11 is 12.1. The summed E-state index contributed by atoms with van der Waals surface area (Å²) in [5.41, 5.74) is 1.84. The lowest BCUT2D eigenvalue weighted by molar-refractivity contribution is 0.418. The van der Waals surface area contributed by atoms with E-state index >= 15 is 0 Å². The molecule has 3 rings (SSSR count). The van der Waals surface area contributed by atoms with Crippen molar-refractivity contribution in [2.24, 2.45) is 0 Å². The van der Waals surface area contributed by atoms with Gasteiger partial charge in [-0.25, -0.2) is 4.98 Å².